The molecule has 0 unspecified atom stereocenters. The van der Waals surface area contributed by atoms with Crippen LogP contribution in [0.25, 0.3) is 0 Å². The molecule has 4 nitrogen and oxygen atoms in total. The van der Waals surface area contributed by atoms with Gasteiger partial charge in [-0.05, 0) is 6.07 Å². The lowest BCUT2D eigenvalue weighted by Crippen LogP contribution is -2.06. The van der Waals surface area contributed by atoms with Crippen molar-refractivity contribution < 1.29 is 0 Å². The van der Waals surface area contributed by atoms with Crippen LogP contribution in [0.15, 0.2) is 16.9 Å². The Morgan fingerprint density at radius 3 is 2.75 bits per heavy atom. The molecule has 0 aliphatic rings. The number of hydrogen-bond acceptors (Lipinski definition) is 3. The van der Waals surface area contributed by atoms with Gasteiger partial charge in [0.25, 0.3) is 5.56 Å². The molecule has 42 valence electrons. The lowest BCUT2D eigenvalue weighted by atomic mass is 10.5. The van der Waals surface area contributed by atoms with Gasteiger partial charge < -0.3 is 5.73 Å². The van der Waals surface area contributed by atoms with E-state index in [0.717, 1.165) is 0 Å². The van der Waals surface area contributed by atoms with Crippen molar-refractivity contribution in [2.75, 3.05) is 5.73 Å². The van der Waals surface area contributed by atoms with Gasteiger partial charge in [-0.3, -0.25) is 4.79 Å². The number of nitrogens with two attached hydrogens (primary N) is 1. The number of nitrogen functional groups attached to an aromatic ring is 1. The smallest absolute Gasteiger partial charge is 0.264 e. The number of hydrogen-bond donors (Lipinski definition) is 2. The van der Waals surface area contributed by atoms with E-state index < -0.39 is 0 Å². The largest absolute Gasteiger partial charge is 0.382 e. The Kier molecular flexibility index (Phi) is 0.997. The zero-order valence-electron chi connectivity index (χ0n) is 4.09. The zero-order chi connectivity index (χ0) is 5.98. The highest BCUT2D eigenvalue weighted by Crippen LogP contribution is 1.82. The lowest BCUT2D eigenvalue weighted by molar-refractivity contribution is 0.999. The van der Waals surface area contributed by atoms with Crippen LogP contribution in [0.3, 0.4) is 0 Å². The van der Waals surface area contributed by atoms with Gasteiger partial charge in [-0.1, -0.05) is 0 Å². The number of aromatic amines is 1. The molecule has 0 aliphatic carbocycles. The summed E-state index contributed by atoms with van der Waals surface area (Å²) in [5, 5.41) is 5.59. The number of H-pyrrole nitrogens is 1. The van der Waals surface area contributed by atoms with Crippen molar-refractivity contribution in [3.63, 3.8) is 0 Å². The van der Waals surface area contributed by atoms with E-state index in [1.165, 1.54) is 12.1 Å². The first-order valence-electron chi connectivity index (χ1n) is 2.10. The molecule has 0 aromatic carbocycles. The second kappa shape index (κ2) is 1.65. The fourth-order valence-corrected chi connectivity index (χ4v) is 0.355. The quantitative estimate of drug-likeness (QED) is 0.467. The summed E-state index contributed by atoms with van der Waals surface area (Å²) in [4.78, 5) is 10.2. The molecular formula is C4H5N3O. The molecule has 0 amide bonds. The Bertz CT molecular complexity index is 208. The van der Waals surface area contributed by atoms with E-state index >= 15 is 0 Å². The minimum Gasteiger partial charge on any atom is -0.382 e. The third kappa shape index (κ3) is 0.841. The van der Waals surface area contributed by atoms with Gasteiger partial charge in [-0.15, -0.1) is 0 Å². The average Bonchev–Trinajstić information content (AvgIpc) is 1.77. The van der Waals surface area contributed by atoms with Gasteiger partial charge in [0.1, 0.15) is 5.82 Å². The molecule has 0 atom stereocenters. The van der Waals surface area contributed by atoms with Gasteiger partial charge >= 0.3 is 0 Å². The summed E-state index contributed by atoms with van der Waals surface area (Å²) in [6.45, 7) is 0. The van der Waals surface area contributed by atoms with Crippen LogP contribution in [0.4, 0.5) is 5.82 Å². The number of rotatable bonds is 0. The number of aromatic nitrogens is 2. The first-order chi connectivity index (χ1) is 3.79. The van der Waals surface area contributed by atoms with Crippen LogP contribution < -0.4 is 11.3 Å². The standard InChI is InChI=1S/C4H5N3O/c5-3-1-2-4(8)7-6-3/h1-2H,(H2,5,6)(H,7,8). The predicted octanol–water partition coefficient (Wildman–Crippen LogP) is -0.648. The lowest BCUT2D eigenvalue weighted by Gasteiger charge is -1.83. The molecule has 0 saturated heterocycles. The van der Waals surface area contributed by atoms with Gasteiger partial charge in [-0.2, -0.15) is 5.10 Å². The molecule has 0 spiro atoms. The first kappa shape index (κ1) is 4.83. The highest BCUT2D eigenvalue weighted by Gasteiger charge is 1.80. The van der Waals surface area contributed by atoms with E-state index in [2.05, 4.69) is 10.2 Å². The minimum atomic E-state index is -0.237. The molecule has 1 aromatic rings. The molecule has 1 heterocycles. The maximum absolute atomic E-state index is 10.2. The van der Waals surface area contributed by atoms with Crippen molar-refractivity contribution >= 4 is 5.82 Å². The zero-order valence-corrected chi connectivity index (χ0v) is 4.09. The van der Waals surface area contributed by atoms with Crippen molar-refractivity contribution in [2.24, 2.45) is 0 Å². The second-order valence-corrected chi connectivity index (χ2v) is 1.35. The normalized spacial score (nSPS) is 9.00. The topological polar surface area (TPSA) is 71.8 Å². The summed E-state index contributed by atoms with van der Waals surface area (Å²) in [6, 6.07) is 2.77. The second-order valence-electron chi connectivity index (χ2n) is 1.35. The molecular weight excluding hydrogens is 106 g/mol. The van der Waals surface area contributed by atoms with Gasteiger partial charge in [0.15, 0.2) is 0 Å². The third-order valence-electron chi connectivity index (χ3n) is 0.701. The molecule has 8 heavy (non-hydrogen) atoms. The van der Waals surface area contributed by atoms with Crippen molar-refractivity contribution in [3.8, 4) is 0 Å². The Morgan fingerprint density at radius 2 is 2.38 bits per heavy atom. The average molecular weight is 111 g/mol. The maximum atomic E-state index is 10.2. The van der Waals surface area contributed by atoms with E-state index in [4.69, 9.17) is 5.73 Å². The molecule has 0 fully saturated rings. The fourth-order valence-electron chi connectivity index (χ4n) is 0.355. The predicted molar refractivity (Wildman–Crippen MR) is 29.3 cm³/mol. The van der Waals surface area contributed by atoms with Gasteiger partial charge in [0, 0.05) is 6.07 Å². The summed E-state index contributed by atoms with van der Waals surface area (Å²) in [5.74, 6) is 0.324. The van der Waals surface area contributed by atoms with E-state index in [1.54, 1.807) is 0 Å². The molecule has 0 bridgehead atoms. The van der Waals surface area contributed by atoms with Crippen molar-refractivity contribution in [3.05, 3.63) is 22.5 Å². The number of anilines is 1. The van der Waals surface area contributed by atoms with Crippen molar-refractivity contribution in [1.29, 1.82) is 0 Å². The molecule has 0 aliphatic heterocycles. The fraction of sp³-hybridized carbons (Fsp3) is 0. The van der Waals surface area contributed by atoms with E-state index in [1.807, 2.05) is 0 Å². The van der Waals surface area contributed by atoms with Crippen LogP contribution in [0.1, 0.15) is 0 Å². The maximum Gasteiger partial charge on any atom is 0.264 e. The first-order valence-corrected chi connectivity index (χ1v) is 2.10. The Hall–Kier alpha value is -1.32. The molecule has 1 aromatic heterocycles. The summed E-state index contributed by atoms with van der Waals surface area (Å²) in [6.07, 6.45) is 0. The van der Waals surface area contributed by atoms with E-state index in [-0.39, 0.29) is 5.56 Å². The number of nitrogens with zero attached hydrogens (tertiary/aromatic N) is 1. The van der Waals surface area contributed by atoms with Gasteiger partial charge in [0.05, 0.1) is 0 Å². The summed E-state index contributed by atoms with van der Waals surface area (Å²) < 4.78 is 0. The summed E-state index contributed by atoms with van der Waals surface area (Å²) in [5.41, 5.74) is 4.91. The molecule has 0 radical (unpaired) electrons. The van der Waals surface area contributed by atoms with Crippen LogP contribution in [-0.2, 0) is 0 Å². The summed E-state index contributed by atoms with van der Waals surface area (Å²) >= 11 is 0. The van der Waals surface area contributed by atoms with Crippen molar-refractivity contribution in [2.45, 2.75) is 0 Å². The van der Waals surface area contributed by atoms with Crippen LogP contribution >= 0.6 is 0 Å². The summed E-state index contributed by atoms with van der Waals surface area (Å²) in [7, 11) is 0. The Labute approximate surface area is 45.3 Å². The number of nitrogens with one attached hydrogen (secondary N) is 1. The van der Waals surface area contributed by atoms with Crippen LogP contribution in [0, 0.1) is 0 Å². The van der Waals surface area contributed by atoms with Crippen LogP contribution in [-0.4, -0.2) is 10.2 Å². The molecule has 0 saturated carbocycles. The third-order valence-corrected chi connectivity index (χ3v) is 0.701. The SMILES string of the molecule is Nc1ccc(=O)[nH]n1. The van der Waals surface area contributed by atoms with Crippen molar-refractivity contribution in [1.82, 2.24) is 10.2 Å². The minimum absolute atomic E-state index is 0.237. The van der Waals surface area contributed by atoms with E-state index in [9.17, 15) is 4.79 Å². The molecule has 3 N–H and O–H groups in total. The molecule has 1 rings (SSSR count). The Balaban J connectivity index is 3.22. The van der Waals surface area contributed by atoms with Gasteiger partial charge in [-0.25, -0.2) is 5.10 Å². The van der Waals surface area contributed by atoms with Crippen LogP contribution in [0.2, 0.25) is 0 Å². The Morgan fingerprint density at radius 1 is 1.62 bits per heavy atom. The molecule has 4 heteroatoms. The van der Waals surface area contributed by atoms with E-state index in [0.29, 0.717) is 5.82 Å². The van der Waals surface area contributed by atoms with Crippen LogP contribution in [0.5, 0.6) is 0 Å². The van der Waals surface area contributed by atoms with Gasteiger partial charge in [0.2, 0.25) is 0 Å². The highest BCUT2D eigenvalue weighted by molar-refractivity contribution is 5.22. The highest BCUT2D eigenvalue weighted by atomic mass is 16.1. The monoisotopic (exact) mass is 111 g/mol.